The molecule has 0 saturated heterocycles. The van der Waals surface area contributed by atoms with Crippen LogP contribution in [0.25, 0.3) is 0 Å². The first-order chi connectivity index (χ1) is 11.9. The minimum Gasteiger partial charge on any atom is -0.485 e. The molecule has 0 saturated carbocycles. The summed E-state index contributed by atoms with van der Waals surface area (Å²) in [6.45, 7) is 2.70. The van der Waals surface area contributed by atoms with Crippen LogP contribution in [-0.4, -0.2) is 54.0 Å². The summed E-state index contributed by atoms with van der Waals surface area (Å²) in [5.74, 6) is 0.190. The Labute approximate surface area is 145 Å². The zero-order valence-electron chi connectivity index (χ0n) is 14.4. The number of hydrogen-bond acceptors (Lipinski definition) is 7. The van der Waals surface area contributed by atoms with Gasteiger partial charge in [-0.15, -0.1) is 0 Å². The van der Waals surface area contributed by atoms with Crippen molar-refractivity contribution in [3.8, 4) is 5.75 Å². The molecule has 2 aromatic rings. The van der Waals surface area contributed by atoms with E-state index in [2.05, 4.69) is 20.8 Å². The lowest BCUT2D eigenvalue weighted by atomic mass is 10.3. The predicted molar refractivity (Wildman–Crippen MR) is 90.3 cm³/mol. The molecule has 0 aliphatic carbocycles. The van der Waals surface area contributed by atoms with Crippen molar-refractivity contribution in [2.45, 2.75) is 13.5 Å². The number of likely N-dealkylation sites (N-methyl/N-ethyl adjacent to an activating group) is 1. The lowest BCUT2D eigenvalue weighted by Gasteiger charge is -2.08. The highest BCUT2D eigenvalue weighted by Gasteiger charge is 2.15. The van der Waals surface area contributed by atoms with Crippen molar-refractivity contribution in [2.24, 2.45) is 0 Å². The van der Waals surface area contributed by atoms with Gasteiger partial charge in [-0.25, -0.2) is 0 Å². The summed E-state index contributed by atoms with van der Waals surface area (Å²) in [4.78, 5) is 28.7. The number of hydrogen-bond donors (Lipinski definition) is 2. The predicted octanol–water partition coefficient (Wildman–Crippen LogP) is 0.898. The second-order valence-corrected chi connectivity index (χ2v) is 5.57. The van der Waals surface area contributed by atoms with Crippen LogP contribution in [-0.2, 0) is 11.4 Å². The number of aromatic nitrogens is 2. The fourth-order valence-corrected chi connectivity index (χ4v) is 1.86. The van der Waals surface area contributed by atoms with E-state index in [-0.39, 0.29) is 24.2 Å². The topological polar surface area (TPSA) is 110 Å². The van der Waals surface area contributed by atoms with E-state index in [1.54, 1.807) is 24.3 Å². The van der Waals surface area contributed by atoms with Gasteiger partial charge in [-0.05, 0) is 38.4 Å². The smallest absolute Gasteiger partial charge is 0.316 e. The third-order valence-electron chi connectivity index (χ3n) is 3.05. The van der Waals surface area contributed by atoms with Gasteiger partial charge in [0.05, 0.1) is 0 Å². The van der Waals surface area contributed by atoms with E-state index < -0.39 is 5.91 Å². The molecule has 0 fully saturated rings. The highest BCUT2D eigenvalue weighted by atomic mass is 16.5. The van der Waals surface area contributed by atoms with E-state index in [1.807, 2.05) is 19.0 Å². The molecule has 0 aliphatic rings. The monoisotopic (exact) mass is 347 g/mol. The van der Waals surface area contributed by atoms with E-state index in [0.717, 1.165) is 0 Å². The Hall–Kier alpha value is -2.94. The Bertz CT molecular complexity index is 712. The highest BCUT2D eigenvalue weighted by molar-refractivity contribution is 5.89. The molecule has 0 spiro atoms. The lowest BCUT2D eigenvalue weighted by molar-refractivity contribution is -0.114. The number of carbonyl (C=O) groups excluding carboxylic acids is 2. The van der Waals surface area contributed by atoms with Gasteiger partial charge in [-0.2, -0.15) is 4.98 Å². The molecule has 0 bridgehead atoms. The first kappa shape index (κ1) is 18.4. The summed E-state index contributed by atoms with van der Waals surface area (Å²) >= 11 is 0. The molecule has 9 nitrogen and oxygen atoms in total. The van der Waals surface area contributed by atoms with Crippen molar-refractivity contribution >= 4 is 17.5 Å². The summed E-state index contributed by atoms with van der Waals surface area (Å²) in [6, 6.07) is 6.85. The van der Waals surface area contributed by atoms with Crippen molar-refractivity contribution < 1.29 is 18.8 Å². The van der Waals surface area contributed by atoms with Crippen LogP contribution < -0.4 is 15.4 Å². The molecule has 0 unspecified atom stereocenters. The number of nitrogens with zero attached hydrogens (tertiary/aromatic N) is 3. The minimum absolute atomic E-state index is 0.0635. The van der Waals surface area contributed by atoms with E-state index in [0.29, 0.717) is 24.5 Å². The lowest BCUT2D eigenvalue weighted by Crippen LogP contribution is -2.31. The zero-order valence-corrected chi connectivity index (χ0v) is 14.4. The fourth-order valence-electron chi connectivity index (χ4n) is 1.86. The summed E-state index contributed by atoms with van der Waals surface area (Å²) in [5.41, 5.74) is 0.677. The van der Waals surface area contributed by atoms with Gasteiger partial charge in [0.2, 0.25) is 11.7 Å². The highest BCUT2D eigenvalue weighted by Crippen LogP contribution is 2.16. The molecule has 1 aromatic carbocycles. The summed E-state index contributed by atoms with van der Waals surface area (Å²) < 4.78 is 10.4. The van der Waals surface area contributed by atoms with Gasteiger partial charge in [0, 0.05) is 25.7 Å². The van der Waals surface area contributed by atoms with E-state index >= 15 is 0 Å². The van der Waals surface area contributed by atoms with E-state index in [9.17, 15) is 9.59 Å². The number of ether oxygens (including phenoxy) is 1. The molecule has 2 N–H and O–H groups in total. The Morgan fingerprint density at radius 1 is 1.24 bits per heavy atom. The van der Waals surface area contributed by atoms with Gasteiger partial charge in [0.25, 0.3) is 0 Å². The average Bonchev–Trinajstić information content (AvgIpc) is 3.02. The fraction of sp³-hybridized carbons (Fsp3) is 0.375. The Morgan fingerprint density at radius 2 is 1.96 bits per heavy atom. The van der Waals surface area contributed by atoms with Gasteiger partial charge in [-0.3, -0.25) is 9.59 Å². The van der Waals surface area contributed by atoms with Crippen molar-refractivity contribution in [3.63, 3.8) is 0 Å². The number of nitrogens with one attached hydrogen (secondary N) is 2. The molecule has 0 aliphatic heterocycles. The van der Waals surface area contributed by atoms with Gasteiger partial charge in [0.1, 0.15) is 5.75 Å². The number of rotatable bonds is 8. The zero-order chi connectivity index (χ0) is 18.2. The first-order valence-electron chi connectivity index (χ1n) is 7.70. The quantitative estimate of drug-likeness (QED) is 0.730. The number of amides is 2. The van der Waals surface area contributed by atoms with Crippen LogP contribution in [0.4, 0.5) is 5.69 Å². The Morgan fingerprint density at radius 3 is 2.60 bits per heavy atom. The normalized spacial score (nSPS) is 10.6. The number of benzene rings is 1. The minimum atomic E-state index is -0.416. The van der Waals surface area contributed by atoms with Gasteiger partial charge >= 0.3 is 11.8 Å². The van der Waals surface area contributed by atoms with Crippen molar-refractivity contribution in [2.75, 3.05) is 32.5 Å². The first-order valence-corrected chi connectivity index (χ1v) is 7.70. The molecular formula is C16H21N5O4. The second-order valence-electron chi connectivity index (χ2n) is 5.57. The summed E-state index contributed by atoms with van der Waals surface area (Å²) in [6.07, 6.45) is 0. The molecule has 25 heavy (non-hydrogen) atoms. The van der Waals surface area contributed by atoms with E-state index in [4.69, 9.17) is 9.26 Å². The van der Waals surface area contributed by atoms with Gasteiger partial charge < -0.3 is 24.8 Å². The van der Waals surface area contributed by atoms with Crippen LogP contribution in [0.5, 0.6) is 5.75 Å². The summed E-state index contributed by atoms with van der Waals surface area (Å²) in [5, 5.41) is 9.06. The van der Waals surface area contributed by atoms with Gasteiger partial charge in [0.15, 0.2) is 6.61 Å². The summed E-state index contributed by atoms with van der Waals surface area (Å²) in [7, 11) is 3.83. The van der Waals surface area contributed by atoms with Crippen LogP contribution in [0.1, 0.15) is 23.4 Å². The Kier molecular flexibility index (Phi) is 6.47. The van der Waals surface area contributed by atoms with Gasteiger partial charge in [-0.1, -0.05) is 5.16 Å². The maximum Gasteiger partial charge on any atom is 0.316 e. The molecule has 2 rings (SSSR count). The molecule has 1 aromatic heterocycles. The van der Waals surface area contributed by atoms with Crippen molar-refractivity contribution in [1.29, 1.82) is 0 Å². The van der Waals surface area contributed by atoms with Crippen LogP contribution in [0.2, 0.25) is 0 Å². The van der Waals surface area contributed by atoms with Crippen LogP contribution in [0.15, 0.2) is 28.8 Å². The third kappa shape index (κ3) is 6.22. The van der Waals surface area contributed by atoms with E-state index in [1.165, 1.54) is 6.92 Å². The maximum atomic E-state index is 11.8. The molecule has 0 atom stereocenters. The molecule has 1 heterocycles. The molecule has 9 heteroatoms. The second kappa shape index (κ2) is 8.78. The van der Waals surface area contributed by atoms with Crippen LogP contribution in [0, 0.1) is 0 Å². The Balaban J connectivity index is 1.82. The molecule has 0 radical (unpaired) electrons. The molecular weight excluding hydrogens is 326 g/mol. The van der Waals surface area contributed by atoms with Crippen LogP contribution >= 0.6 is 0 Å². The van der Waals surface area contributed by atoms with Crippen molar-refractivity contribution in [3.05, 3.63) is 36.0 Å². The third-order valence-corrected chi connectivity index (χ3v) is 3.05. The largest absolute Gasteiger partial charge is 0.485 e. The standard InChI is InChI=1S/C16H21N5O4/c1-11(22)18-12-4-6-13(7-5-12)24-10-14-19-16(25-20-14)15(23)17-8-9-21(2)3/h4-7H,8-10H2,1-3H3,(H,17,23)(H,18,22). The average molecular weight is 347 g/mol. The number of anilines is 1. The number of carbonyl (C=O) groups is 2. The molecule has 2 amide bonds. The van der Waals surface area contributed by atoms with Crippen molar-refractivity contribution in [1.82, 2.24) is 20.4 Å². The molecule has 134 valence electrons. The van der Waals surface area contributed by atoms with Crippen LogP contribution in [0.3, 0.4) is 0 Å². The maximum absolute atomic E-state index is 11.8. The SMILES string of the molecule is CC(=O)Nc1ccc(OCc2noc(C(=O)NCCN(C)C)n2)cc1.